The van der Waals surface area contributed by atoms with Crippen molar-refractivity contribution in [1.29, 1.82) is 0 Å². The molecule has 20 heavy (non-hydrogen) atoms. The lowest BCUT2D eigenvalue weighted by Gasteiger charge is -2.43. The third kappa shape index (κ3) is 2.06. The van der Waals surface area contributed by atoms with Gasteiger partial charge in [0, 0.05) is 26.1 Å². The maximum absolute atomic E-state index is 5.69. The van der Waals surface area contributed by atoms with Crippen molar-refractivity contribution in [1.82, 2.24) is 19.7 Å². The molecule has 6 nitrogen and oxygen atoms in total. The number of hydrogen-bond donors (Lipinski definition) is 0. The van der Waals surface area contributed by atoms with Crippen LogP contribution >= 0.6 is 0 Å². The molecule has 0 N–H and O–H groups in total. The maximum atomic E-state index is 5.69. The molecule has 1 spiro atoms. The van der Waals surface area contributed by atoms with E-state index in [1.807, 2.05) is 0 Å². The van der Waals surface area contributed by atoms with Crippen LogP contribution in [0.1, 0.15) is 36.8 Å². The summed E-state index contributed by atoms with van der Waals surface area (Å²) in [6, 6.07) is 0. The predicted molar refractivity (Wildman–Crippen MR) is 72.4 cm³/mol. The first kappa shape index (κ1) is 12.7. The Kier molecular flexibility index (Phi) is 3.05. The summed E-state index contributed by atoms with van der Waals surface area (Å²) >= 11 is 0. The van der Waals surface area contributed by atoms with Crippen molar-refractivity contribution in [2.45, 2.75) is 37.3 Å². The Morgan fingerprint density at radius 1 is 1.20 bits per heavy atom. The molecule has 0 bridgehead atoms. The third-order valence-corrected chi connectivity index (χ3v) is 4.90. The van der Waals surface area contributed by atoms with Crippen LogP contribution in [0, 0.1) is 0 Å². The van der Waals surface area contributed by atoms with Crippen LogP contribution in [0.25, 0.3) is 0 Å². The van der Waals surface area contributed by atoms with Gasteiger partial charge in [-0.05, 0) is 19.3 Å². The van der Waals surface area contributed by atoms with E-state index in [4.69, 9.17) is 9.47 Å². The molecule has 2 aliphatic heterocycles. The predicted octanol–water partition coefficient (Wildman–Crippen LogP) is 0.684. The largest absolute Gasteiger partial charge is 0.379 e. The monoisotopic (exact) mass is 278 g/mol. The second-order valence-electron chi connectivity index (χ2n) is 6.31. The summed E-state index contributed by atoms with van der Waals surface area (Å²) in [5, 5.41) is 8.80. The van der Waals surface area contributed by atoms with E-state index >= 15 is 0 Å². The van der Waals surface area contributed by atoms with Gasteiger partial charge in [0.2, 0.25) is 0 Å². The quantitative estimate of drug-likeness (QED) is 0.814. The minimum atomic E-state index is 0.0595. The molecule has 6 heteroatoms. The molecule has 0 unspecified atom stereocenters. The zero-order chi connectivity index (χ0) is 13.6. The van der Waals surface area contributed by atoms with Gasteiger partial charge in [-0.2, -0.15) is 0 Å². The Labute approximate surface area is 119 Å². The lowest BCUT2D eigenvalue weighted by Crippen LogP contribution is -2.57. The SMILES string of the molecule is Cn1c(CN2CCOC[C@@]23CCOC3)nnc1C1CC1. The lowest BCUT2D eigenvalue weighted by atomic mass is 9.96. The molecule has 110 valence electrons. The first-order valence-corrected chi connectivity index (χ1v) is 7.57. The van der Waals surface area contributed by atoms with Gasteiger partial charge in [-0.1, -0.05) is 0 Å². The smallest absolute Gasteiger partial charge is 0.146 e. The highest BCUT2D eigenvalue weighted by molar-refractivity contribution is 5.08. The van der Waals surface area contributed by atoms with Gasteiger partial charge in [0.25, 0.3) is 0 Å². The van der Waals surface area contributed by atoms with Gasteiger partial charge in [-0.15, -0.1) is 10.2 Å². The fourth-order valence-corrected chi connectivity index (χ4v) is 3.35. The molecule has 0 radical (unpaired) electrons. The highest BCUT2D eigenvalue weighted by Gasteiger charge is 2.43. The third-order valence-electron chi connectivity index (χ3n) is 4.90. The summed E-state index contributed by atoms with van der Waals surface area (Å²) < 4.78 is 13.5. The highest BCUT2D eigenvalue weighted by atomic mass is 16.5. The summed E-state index contributed by atoms with van der Waals surface area (Å²) in [4.78, 5) is 2.49. The molecular weight excluding hydrogens is 256 g/mol. The number of morpholine rings is 1. The summed E-state index contributed by atoms with van der Waals surface area (Å²) in [6.07, 6.45) is 3.59. The minimum absolute atomic E-state index is 0.0595. The van der Waals surface area contributed by atoms with Crippen molar-refractivity contribution in [3.8, 4) is 0 Å². The van der Waals surface area contributed by atoms with E-state index in [0.717, 1.165) is 57.6 Å². The summed E-state index contributed by atoms with van der Waals surface area (Å²) in [5.74, 6) is 2.87. The molecule has 3 fully saturated rings. The zero-order valence-electron chi connectivity index (χ0n) is 12.0. The second-order valence-corrected chi connectivity index (χ2v) is 6.31. The number of aromatic nitrogens is 3. The van der Waals surface area contributed by atoms with Crippen LogP contribution in [0.2, 0.25) is 0 Å². The van der Waals surface area contributed by atoms with E-state index < -0.39 is 0 Å². The van der Waals surface area contributed by atoms with E-state index in [1.165, 1.54) is 12.8 Å². The van der Waals surface area contributed by atoms with E-state index in [9.17, 15) is 0 Å². The van der Waals surface area contributed by atoms with Crippen LogP contribution < -0.4 is 0 Å². The van der Waals surface area contributed by atoms with Crippen molar-refractivity contribution in [2.75, 3.05) is 33.0 Å². The first-order valence-electron chi connectivity index (χ1n) is 7.57. The molecule has 3 aliphatic rings. The van der Waals surface area contributed by atoms with E-state index in [2.05, 4.69) is 26.7 Å². The first-order chi connectivity index (χ1) is 9.78. The van der Waals surface area contributed by atoms with Gasteiger partial charge < -0.3 is 14.0 Å². The van der Waals surface area contributed by atoms with Crippen LogP contribution in [0.4, 0.5) is 0 Å². The van der Waals surface area contributed by atoms with E-state index in [-0.39, 0.29) is 5.54 Å². The highest BCUT2D eigenvalue weighted by Crippen LogP contribution is 2.39. The van der Waals surface area contributed by atoms with Crippen LogP contribution in [0.5, 0.6) is 0 Å². The van der Waals surface area contributed by atoms with Gasteiger partial charge in [-0.3, -0.25) is 4.90 Å². The van der Waals surface area contributed by atoms with E-state index in [0.29, 0.717) is 5.92 Å². The molecule has 1 aliphatic carbocycles. The average molecular weight is 278 g/mol. The number of hydrogen-bond acceptors (Lipinski definition) is 5. The van der Waals surface area contributed by atoms with Gasteiger partial charge in [0.05, 0.1) is 31.9 Å². The zero-order valence-corrected chi connectivity index (χ0v) is 12.0. The van der Waals surface area contributed by atoms with Gasteiger partial charge in [0.15, 0.2) is 0 Å². The fraction of sp³-hybridized carbons (Fsp3) is 0.857. The van der Waals surface area contributed by atoms with Crippen LogP contribution in [-0.2, 0) is 23.1 Å². The van der Waals surface area contributed by atoms with Crippen LogP contribution in [0.15, 0.2) is 0 Å². The molecule has 1 atom stereocenters. The second kappa shape index (κ2) is 4.79. The van der Waals surface area contributed by atoms with Crippen molar-refractivity contribution in [3.05, 3.63) is 11.6 Å². The molecular formula is C14H22N4O2. The Bertz CT molecular complexity index is 491. The molecule has 1 aromatic heterocycles. The van der Waals surface area contributed by atoms with Crippen molar-refractivity contribution < 1.29 is 9.47 Å². The van der Waals surface area contributed by atoms with Crippen LogP contribution in [-0.4, -0.2) is 58.2 Å². The summed E-state index contributed by atoms with van der Waals surface area (Å²) in [6.45, 7) is 5.00. The fourth-order valence-electron chi connectivity index (χ4n) is 3.35. The normalized spacial score (nSPS) is 31.2. The summed E-state index contributed by atoms with van der Waals surface area (Å²) in [5.41, 5.74) is 0.0595. The Morgan fingerprint density at radius 3 is 2.75 bits per heavy atom. The lowest BCUT2D eigenvalue weighted by molar-refractivity contribution is -0.0762. The molecule has 0 aromatic carbocycles. The van der Waals surface area contributed by atoms with Gasteiger partial charge in [0.1, 0.15) is 11.6 Å². The van der Waals surface area contributed by atoms with E-state index in [1.54, 1.807) is 0 Å². The average Bonchev–Trinajstić information content (AvgIpc) is 3.09. The molecule has 1 aromatic rings. The minimum Gasteiger partial charge on any atom is -0.379 e. The standard InChI is InChI=1S/C14H22N4O2/c1-17-12(15-16-13(17)11-2-3-11)8-18-5-7-20-10-14(18)4-6-19-9-14/h11H,2-10H2,1H3/t14-/m0/s1. The van der Waals surface area contributed by atoms with Gasteiger partial charge >= 0.3 is 0 Å². The number of nitrogens with zero attached hydrogens (tertiary/aromatic N) is 4. The molecule has 1 saturated carbocycles. The molecule has 0 amide bonds. The Morgan fingerprint density at radius 2 is 2.00 bits per heavy atom. The van der Waals surface area contributed by atoms with Crippen LogP contribution in [0.3, 0.4) is 0 Å². The Hall–Kier alpha value is -0.980. The molecule has 2 saturated heterocycles. The number of ether oxygens (including phenoxy) is 2. The van der Waals surface area contributed by atoms with Crippen molar-refractivity contribution >= 4 is 0 Å². The topological polar surface area (TPSA) is 52.4 Å². The summed E-state index contributed by atoms with van der Waals surface area (Å²) in [7, 11) is 2.10. The molecule has 3 heterocycles. The van der Waals surface area contributed by atoms with Gasteiger partial charge in [-0.25, -0.2) is 0 Å². The Balaban J connectivity index is 1.54. The maximum Gasteiger partial charge on any atom is 0.146 e. The van der Waals surface area contributed by atoms with Crippen molar-refractivity contribution in [3.63, 3.8) is 0 Å². The molecule has 4 rings (SSSR count). The number of rotatable bonds is 3. The van der Waals surface area contributed by atoms with Crippen molar-refractivity contribution in [2.24, 2.45) is 7.05 Å².